The third-order valence-corrected chi connectivity index (χ3v) is 4.43. The van der Waals surface area contributed by atoms with E-state index in [9.17, 15) is 13.2 Å². The molecule has 0 saturated heterocycles. The molecule has 0 saturated carbocycles. The van der Waals surface area contributed by atoms with Crippen molar-refractivity contribution in [3.63, 3.8) is 0 Å². The molecule has 106 valence electrons. The van der Waals surface area contributed by atoms with Crippen LogP contribution < -0.4 is 0 Å². The summed E-state index contributed by atoms with van der Waals surface area (Å²) in [7, 11) is -3.90. The number of hydrogen-bond donors (Lipinski definition) is 0. The minimum atomic E-state index is -3.90. The fraction of sp³-hybridized carbons (Fsp3) is 0.417. The second-order valence-electron chi connectivity index (χ2n) is 3.74. The third kappa shape index (κ3) is 3.84. The Kier molecular flexibility index (Phi) is 5.62. The number of hydrogen-bond acceptors (Lipinski definition) is 4. The number of ether oxygens (including phenoxy) is 1. The predicted octanol–water partition coefficient (Wildman–Crippen LogP) is 2.90. The Hall–Kier alpha value is -1.27. The standard InChI is InChI=1S/C12H16ClNO4S/c1-3-9-18-12(15)14(4-2)19(16,17)11-7-5-10(13)6-8-11/h5-8H,3-4,9H2,1-2H3. The van der Waals surface area contributed by atoms with Crippen molar-refractivity contribution in [2.75, 3.05) is 13.2 Å². The zero-order chi connectivity index (χ0) is 14.5. The summed E-state index contributed by atoms with van der Waals surface area (Å²) in [4.78, 5) is 11.7. The molecule has 0 aliphatic carbocycles. The monoisotopic (exact) mass is 305 g/mol. The fourth-order valence-electron chi connectivity index (χ4n) is 1.39. The molecule has 1 aromatic carbocycles. The van der Waals surface area contributed by atoms with Gasteiger partial charge in [-0.15, -0.1) is 0 Å². The number of carbonyl (C=O) groups is 1. The molecule has 0 unspecified atom stereocenters. The van der Waals surface area contributed by atoms with Gasteiger partial charge in [0.05, 0.1) is 11.5 Å². The zero-order valence-electron chi connectivity index (χ0n) is 10.8. The quantitative estimate of drug-likeness (QED) is 0.839. The van der Waals surface area contributed by atoms with Crippen molar-refractivity contribution in [2.45, 2.75) is 25.2 Å². The average molecular weight is 306 g/mol. The van der Waals surface area contributed by atoms with E-state index in [0.29, 0.717) is 15.7 Å². The van der Waals surface area contributed by atoms with Gasteiger partial charge in [-0.25, -0.2) is 17.5 Å². The summed E-state index contributed by atoms with van der Waals surface area (Å²) in [6, 6.07) is 5.63. The van der Waals surface area contributed by atoms with E-state index >= 15 is 0 Å². The Morgan fingerprint density at radius 3 is 2.32 bits per heavy atom. The highest BCUT2D eigenvalue weighted by atomic mass is 35.5. The topological polar surface area (TPSA) is 63.7 Å². The normalized spacial score (nSPS) is 11.1. The van der Waals surface area contributed by atoms with Gasteiger partial charge in [0.15, 0.2) is 0 Å². The van der Waals surface area contributed by atoms with Gasteiger partial charge in [-0.05, 0) is 37.6 Å². The molecule has 0 aliphatic rings. The molecule has 19 heavy (non-hydrogen) atoms. The second-order valence-corrected chi connectivity index (χ2v) is 6.04. The average Bonchev–Trinajstić information content (AvgIpc) is 2.37. The van der Waals surface area contributed by atoms with Crippen molar-refractivity contribution in [3.8, 4) is 0 Å². The number of amides is 1. The summed E-state index contributed by atoms with van der Waals surface area (Å²) < 4.78 is 30.1. The second kappa shape index (κ2) is 6.77. The molecular formula is C12H16ClNO4S. The summed E-state index contributed by atoms with van der Waals surface area (Å²) in [5.74, 6) is 0. The van der Waals surface area contributed by atoms with E-state index in [1.165, 1.54) is 24.3 Å². The van der Waals surface area contributed by atoms with Crippen LogP contribution in [0.4, 0.5) is 4.79 Å². The van der Waals surface area contributed by atoms with Crippen LogP contribution in [0.15, 0.2) is 29.2 Å². The lowest BCUT2D eigenvalue weighted by molar-refractivity contribution is 0.126. The van der Waals surface area contributed by atoms with Crippen molar-refractivity contribution in [1.29, 1.82) is 0 Å². The molecule has 0 radical (unpaired) electrons. The number of rotatable bonds is 5. The number of carbonyl (C=O) groups excluding carboxylic acids is 1. The first-order chi connectivity index (χ1) is 8.93. The van der Waals surface area contributed by atoms with Gasteiger partial charge in [-0.3, -0.25) is 0 Å². The van der Waals surface area contributed by atoms with E-state index < -0.39 is 16.1 Å². The maximum absolute atomic E-state index is 12.3. The largest absolute Gasteiger partial charge is 0.449 e. The van der Waals surface area contributed by atoms with E-state index in [1.807, 2.05) is 6.92 Å². The van der Waals surface area contributed by atoms with Crippen molar-refractivity contribution >= 4 is 27.7 Å². The lowest BCUT2D eigenvalue weighted by atomic mass is 10.4. The lowest BCUT2D eigenvalue weighted by Gasteiger charge is -2.20. The molecule has 0 aliphatic heterocycles. The first-order valence-corrected chi connectivity index (χ1v) is 7.70. The summed E-state index contributed by atoms with van der Waals surface area (Å²) in [5, 5.41) is 0.426. The highest BCUT2D eigenvalue weighted by Gasteiger charge is 2.28. The molecule has 0 bridgehead atoms. The van der Waals surface area contributed by atoms with E-state index in [4.69, 9.17) is 16.3 Å². The van der Waals surface area contributed by atoms with Gasteiger partial charge < -0.3 is 4.74 Å². The first-order valence-electron chi connectivity index (χ1n) is 5.88. The predicted molar refractivity (Wildman–Crippen MR) is 72.7 cm³/mol. The van der Waals surface area contributed by atoms with Gasteiger partial charge in [0.25, 0.3) is 10.0 Å². The van der Waals surface area contributed by atoms with E-state index in [0.717, 1.165) is 0 Å². The summed E-state index contributed by atoms with van der Waals surface area (Å²) >= 11 is 5.71. The van der Waals surface area contributed by atoms with Crippen molar-refractivity contribution < 1.29 is 17.9 Å². The Balaban J connectivity index is 3.02. The van der Waals surface area contributed by atoms with Gasteiger partial charge in [0.2, 0.25) is 0 Å². The van der Waals surface area contributed by atoms with Gasteiger partial charge >= 0.3 is 6.09 Å². The first kappa shape index (κ1) is 15.8. The molecular weight excluding hydrogens is 290 g/mol. The van der Waals surface area contributed by atoms with Crippen LogP contribution in [0.5, 0.6) is 0 Å². The minimum Gasteiger partial charge on any atom is -0.449 e. The van der Waals surface area contributed by atoms with Crippen molar-refractivity contribution in [3.05, 3.63) is 29.3 Å². The molecule has 0 spiro atoms. The van der Waals surface area contributed by atoms with Crippen LogP contribution in [0.1, 0.15) is 20.3 Å². The molecule has 5 nitrogen and oxygen atoms in total. The third-order valence-electron chi connectivity index (χ3n) is 2.32. The smallest absolute Gasteiger partial charge is 0.423 e. The molecule has 0 N–H and O–H groups in total. The maximum Gasteiger partial charge on any atom is 0.423 e. The van der Waals surface area contributed by atoms with Crippen molar-refractivity contribution in [2.24, 2.45) is 0 Å². The highest BCUT2D eigenvalue weighted by Crippen LogP contribution is 2.19. The lowest BCUT2D eigenvalue weighted by Crippen LogP contribution is -2.37. The number of sulfonamides is 1. The molecule has 7 heteroatoms. The molecule has 1 aromatic rings. The molecule has 0 fully saturated rings. The van der Waals surface area contributed by atoms with Crippen LogP contribution in [0.3, 0.4) is 0 Å². The molecule has 1 amide bonds. The number of benzene rings is 1. The Morgan fingerprint density at radius 2 is 1.84 bits per heavy atom. The van der Waals surface area contributed by atoms with Crippen molar-refractivity contribution in [1.82, 2.24) is 4.31 Å². The molecule has 1 rings (SSSR count). The van der Waals surface area contributed by atoms with Gasteiger partial charge in [0, 0.05) is 11.6 Å². The van der Waals surface area contributed by atoms with Crippen LogP contribution in [-0.2, 0) is 14.8 Å². The Labute approximate surface area is 118 Å². The highest BCUT2D eigenvalue weighted by molar-refractivity contribution is 7.89. The summed E-state index contributed by atoms with van der Waals surface area (Å²) in [6.07, 6.45) is -0.233. The fourth-order valence-corrected chi connectivity index (χ4v) is 2.84. The minimum absolute atomic E-state index is 0.00667. The van der Waals surface area contributed by atoms with Gasteiger partial charge in [-0.2, -0.15) is 0 Å². The Bertz CT molecular complexity index is 527. The molecule has 0 aromatic heterocycles. The number of nitrogens with zero attached hydrogens (tertiary/aromatic N) is 1. The van der Waals surface area contributed by atoms with Crippen LogP contribution in [-0.4, -0.2) is 32.0 Å². The summed E-state index contributed by atoms with van der Waals surface area (Å²) in [6.45, 7) is 3.59. The van der Waals surface area contributed by atoms with E-state index in [2.05, 4.69) is 0 Å². The van der Waals surface area contributed by atoms with Crippen LogP contribution in [0.2, 0.25) is 5.02 Å². The zero-order valence-corrected chi connectivity index (χ0v) is 12.4. The van der Waals surface area contributed by atoms with E-state index in [1.54, 1.807) is 6.92 Å². The maximum atomic E-state index is 12.3. The van der Waals surface area contributed by atoms with Crippen LogP contribution >= 0.6 is 11.6 Å². The molecule has 0 atom stereocenters. The van der Waals surface area contributed by atoms with Crippen LogP contribution in [0, 0.1) is 0 Å². The number of halogens is 1. The van der Waals surface area contributed by atoms with Crippen LogP contribution in [0.25, 0.3) is 0 Å². The Morgan fingerprint density at radius 1 is 1.26 bits per heavy atom. The van der Waals surface area contributed by atoms with Gasteiger partial charge in [-0.1, -0.05) is 18.5 Å². The van der Waals surface area contributed by atoms with E-state index in [-0.39, 0.29) is 18.0 Å². The SMILES string of the molecule is CCCOC(=O)N(CC)S(=O)(=O)c1ccc(Cl)cc1. The molecule has 0 heterocycles. The summed E-state index contributed by atoms with van der Waals surface area (Å²) in [5.41, 5.74) is 0. The van der Waals surface area contributed by atoms with Gasteiger partial charge in [0.1, 0.15) is 0 Å².